The molecule has 2 aliphatic heterocycles. The van der Waals surface area contributed by atoms with Gasteiger partial charge in [0.2, 0.25) is 11.7 Å². The number of esters is 1. The number of β-lactam (4-membered cyclic amide) rings is 1. The van der Waals surface area contributed by atoms with Crippen molar-refractivity contribution in [1.29, 1.82) is 0 Å². The number of ketones is 1. The van der Waals surface area contributed by atoms with Crippen molar-refractivity contribution >= 4 is 45.1 Å². The maximum atomic E-state index is 13.4. The molecule has 40 heavy (non-hydrogen) atoms. The van der Waals surface area contributed by atoms with E-state index in [0.717, 1.165) is 0 Å². The van der Waals surface area contributed by atoms with E-state index >= 15 is 0 Å². The molecule has 0 aliphatic carbocycles. The lowest BCUT2D eigenvalue weighted by Crippen LogP contribution is -2.61. The number of carbonyl (C=O) groups excluding carboxylic acids is 3. The fourth-order valence-electron chi connectivity index (χ4n) is 5.14. The lowest BCUT2D eigenvalue weighted by atomic mass is 9.83. The number of imidazole rings is 1. The lowest BCUT2D eigenvalue weighted by Gasteiger charge is -2.44. The Labute approximate surface area is 230 Å². The molecule has 4 aromatic rings. The van der Waals surface area contributed by atoms with Gasteiger partial charge in [0.05, 0.1) is 27.9 Å². The van der Waals surface area contributed by atoms with Gasteiger partial charge in [-0.3, -0.25) is 29.1 Å². The van der Waals surface area contributed by atoms with Gasteiger partial charge in [-0.05, 0) is 43.2 Å². The number of ether oxygens (including phenoxy) is 1. The molecule has 2 aliphatic rings. The predicted octanol–water partition coefficient (Wildman–Crippen LogP) is 3.00. The molecule has 202 valence electrons. The van der Waals surface area contributed by atoms with Crippen LogP contribution in [-0.4, -0.2) is 59.1 Å². The van der Waals surface area contributed by atoms with E-state index in [1.165, 1.54) is 53.0 Å². The van der Waals surface area contributed by atoms with Gasteiger partial charge in [0, 0.05) is 41.9 Å². The van der Waals surface area contributed by atoms with Crippen molar-refractivity contribution in [3.8, 4) is 0 Å². The van der Waals surface area contributed by atoms with E-state index in [9.17, 15) is 29.6 Å². The van der Waals surface area contributed by atoms with Crippen molar-refractivity contribution in [3.63, 3.8) is 0 Å². The van der Waals surface area contributed by atoms with Crippen LogP contribution < -0.4 is 0 Å². The van der Waals surface area contributed by atoms with E-state index in [1.54, 1.807) is 35.9 Å². The number of carbonyl (C=O) groups is 3. The Kier molecular flexibility index (Phi) is 6.24. The van der Waals surface area contributed by atoms with Crippen LogP contribution >= 0.6 is 11.3 Å². The molecule has 1 saturated heterocycles. The van der Waals surface area contributed by atoms with E-state index < -0.39 is 29.0 Å². The Bertz CT molecular complexity index is 1710. The van der Waals surface area contributed by atoms with Gasteiger partial charge in [-0.1, -0.05) is 0 Å². The molecular formula is C27H21N5O7S. The van der Waals surface area contributed by atoms with Gasteiger partial charge in [0.25, 0.3) is 5.69 Å². The van der Waals surface area contributed by atoms with Crippen LogP contribution in [0.1, 0.15) is 39.8 Å². The number of hydrogen-bond donors (Lipinski definition) is 1. The molecular weight excluding hydrogens is 538 g/mol. The summed E-state index contributed by atoms with van der Waals surface area (Å²) in [5, 5.41) is 21.1. The number of aliphatic hydroxyl groups excluding tert-OH is 1. The topological polar surface area (TPSA) is 157 Å². The lowest BCUT2D eigenvalue weighted by molar-refractivity contribution is -0.384. The number of benzene rings is 1. The molecule has 3 atom stereocenters. The Morgan fingerprint density at radius 1 is 1.27 bits per heavy atom. The molecule has 5 heterocycles. The zero-order valence-corrected chi connectivity index (χ0v) is 21.8. The van der Waals surface area contributed by atoms with Crippen molar-refractivity contribution in [2.45, 2.75) is 32.1 Å². The number of nitro benzene ring substituents is 1. The van der Waals surface area contributed by atoms with Gasteiger partial charge in [0.1, 0.15) is 29.2 Å². The van der Waals surface area contributed by atoms with Crippen LogP contribution in [0.5, 0.6) is 0 Å². The Hall–Kier alpha value is -4.75. The summed E-state index contributed by atoms with van der Waals surface area (Å²) in [6.45, 7) is 1.39. The zero-order chi connectivity index (χ0) is 28.1. The second-order valence-corrected chi connectivity index (χ2v) is 10.6. The SMILES string of the molecule is C[C@@H](O)[C@H]1C(=O)N2C(C(=O)OCc3ccc([N+](=O)[O-])cc3)=C(c3cn4cnc(C(=O)c5cccnc5)c4s3)C[C@H]12. The molecule has 0 radical (unpaired) electrons. The first-order valence-corrected chi connectivity index (χ1v) is 13.1. The average molecular weight is 560 g/mol. The normalized spacial score (nSPS) is 18.9. The standard InChI is InChI=1S/C27H21N5O7S/c1-14(33)21-19-9-18(20-11-30-13-29-22(26(30)40-20)24(34)16-3-2-8-28-10-16)23(31(19)25(21)35)27(36)39-12-15-4-6-17(7-5-15)32(37)38/h2-8,10-11,13-14,19,21,33H,9,12H2,1H3/t14-,19-,21-/m1/s1. The van der Waals surface area contributed by atoms with Crippen LogP contribution in [0.25, 0.3) is 10.4 Å². The van der Waals surface area contributed by atoms with Crippen LogP contribution in [0.4, 0.5) is 5.69 Å². The molecule has 1 amide bonds. The van der Waals surface area contributed by atoms with E-state index in [1.807, 2.05) is 0 Å². The maximum Gasteiger partial charge on any atom is 0.355 e. The smallest absolute Gasteiger partial charge is 0.355 e. The minimum Gasteiger partial charge on any atom is -0.456 e. The number of nitro groups is 1. The first-order chi connectivity index (χ1) is 19.2. The molecule has 1 N–H and O–H groups in total. The van der Waals surface area contributed by atoms with Crippen molar-refractivity contribution in [2.75, 3.05) is 0 Å². The van der Waals surface area contributed by atoms with Crippen molar-refractivity contribution in [1.82, 2.24) is 19.3 Å². The van der Waals surface area contributed by atoms with Crippen molar-refractivity contribution in [2.24, 2.45) is 5.92 Å². The second-order valence-electron chi connectivity index (χ2n) is 9.54. The largest absolute Gasteiger partial charge is 0.456 e. The first-order valence-electron chi connectivity index (χ1n) is 12.3. The quantitative estimate of drug-likeness (QED) is 0.113. The van der Waals surface area contributed by atoms with Gasteiger partial charge in [-0.25, -0.2) is 9.78 Å². The van der Waals surface area contributed by atoms with Gasteiger partial charge in [-0.2, -0.15) is 0 Å². The number of nitrogens with zero attached hydrogens (tertiary/aromatic N) is 5. The highest BCUT2D eigenvalue weighted by Crippen LogP contribution is 2.48. The minimum atomic E-state index is -0.891. The molecule has 0 unspecified atom stereocenters. The van der Waals surface area contributed by atoms with Gasteiger partial charge < -0.3 is 14.7 Å². The number of non-ortho nitro benzene ring substituents is 1. The molecule has 1 aromatic carbocycles. The number of amides is 1. The summed E-state index contributed by atoms with van der Waals surface area (Å²) in [4.78, 5) is 60.7. The third-order valence-electron chi connectivity index (χ3n) is 7.09. The van der Waals surface area contributed by atoms with Crippen molar-refractivity contribution < 1.29 is 29.2 Å². The Morgan fingerprint density at radius 2 is 2.05 bits per heavy atom. The summed E-state index contributed by atoms with van der Waals surface area (Å²) >= 11 is 1.26. The monoisotopic (exact) mass is 559 g/mol. The minimum absolute atomic E-state index is 0.0842. The number of pyridine rings is 1. The highest BCUT2D eigenvalue weighted by molar-refractivity contribution is 7.18. The molecule has 3 aromatic heterocycles. The Balaban J connectivity index is 1.33. The third-order valence-corrected chi connectivity index (χ3v) is 8.26. The molecule has 0 spiro atoms. The second kappa shape index (κ2) is 9.77. The van der Waals surface area contributed by atoms with Crippen LogP contribution in [0, 0.1) is 16.0 Å². The summed E-state index contributed by atoms with van der Waals surface area (Å²) in [5.74, 6) is -2.03. The number of hydrogen-bond acceptors (Lipinski definition) is 10. The van der Waals surface area contributed by atoms with E-state index in [-0.39, 0.29) is 35.4 Å². The molecule has 1 fully saturated rings. The number of fused-ring (bicyclic) bond motifs is 2. The molecule has 0 bridgehead atoms. The third kappa shape index (κ3) is 4.15. The number of rotatable bonds is 8. The fraction of sp³-hybridized carbons (Fsp3) is 0.222. The highest BCUT2D eigenvalue weighted by atomic mass is 32.1. The summed E-state index contributed by atoms with van der Waals surface area (Å²) in [5.41, 5.74) is 1.76. The highest BCUT2D eigenvalue weighted by Gasteiger charge is 2.57. The van der Waals surface area contributed by atoms with Crippen LogP contribution in [0.15, 0.2) is 67.0 Å². The number of aromatic nitrogens is 3. The fourth-order valence-corrected chi connectivity index (χ4v) is 6.26. The summed E-state index contributed by atoms with van der Waals surface area (Å²) in [6, 6.07) is 8.54. The molecule has 13 heteroatoms. The van der Waals surface area contributed by atoms with E-state index in [2.05, 4.69) is 9.97 Å². The van der Waals surface area contributed by atoms with Crippen LogP contribution in [0.3, 0.4) is 0 Å². The molecule has 12 nitrogen and oxygen atoms in total. The summed E-state index contributed by atoms with van der Waals surface area (Å²) < 4.78 is 7.23. The van der Waals surface area contributed by atoms with E-state index in [4.69, 9.17) is 4.74 Å². The van der Waals surface area contributed by atoms with Gasteiger partial charge >= 0.3 is 5.97 Å². The number of thiazole rings is 1. The molecule has 0 saturated carbocycles. The van der Waals surface area contributed by atoms with Gasteiger partial charge in [-0.15, -0.1) is 11.3 Å². The van der Waals surface area contributed by atoms with Crippen LogP contribution in [0.2, 0.25) is 0 Å². The summed E-state index contributed by atoms with van der Waals surface area (Å²) in [6.07, 6.45) is 5.74. The first kappa shape index (κ1) is 25.5. The van der Waals surface area contributed by atoms with Crippen LogP contribution in [-0.2, 0) is 20.9 Å². The van der Waals surface area contributed by atoms with Crippen molar-refractivity contribution in [3.05, 3.63) is 98.8 Å². The summed E-state index contributed by atoms with van der Waals surface area (Å²) in [7, 11) is 0. The average Bonchev–Trinajstić information content (AvgIpc) is 3.63. The van der Waals surface area contributed by atoms with Gasteiger partial charge in [0.15, 0.2) is 0 Å². The number of aliphatic hydroxyl groups is 1. The maximum absolute atomic E-state index is 13.4. The Morgan fingerprint density at radius 3 is 2.73 bits per heavy atom. The predicted molar refractivity (Wildman–Crippen MR) is 141 cm³/mol. The van der Waals surface area contributed by atoms with E-state index in [0.29, 0.717) is 32.8 Å². The zero-order valence-electron chi connectivity index (χ0n) is 21.0. The molecule has 6 rings (SSSR count).